The summed E-state index contributed by atoms with van der Waals surface area (Å²) in [6.45, 7) is 0. The summed E-state index contributed by atoms with van der Waals surface area (Å²) in [4.78, 5) is 16.0. The molecule has 0 radical (unpaired) electrons. The van der Waals surface area contributed by atoms with Crippen molar-refractivity contribution < 1.29 is 9.90 Å². The maximum absolute atomic E-state index is 11.4. The minimum absolute atomic E-state index is 0.306. The van der Waals surface area contributed by atoms with Gasteiger partial charge in [0.15, 0.2) is 0 Å². The molecule has 0 amide bonds. The van der Waals surface area contributed by atoms with Crippen LogP contribution in [0.15, 0.2) is 36.4 Å². The van der Waals surface area contributed by atoms with Crippen LogP contribution in [0.25, 0.3) is 22.3 Å². The number of carboxylic acids is 1. The Bertz CT molecular complexity index is 984. The summed E-state index contributed by atoms with van der Waals surface area (Å²) in [7, 11) is 1.99. The molecule has 1 fully saturated rings. The van der Waals surface area contributed by atoms with E-state index in [4.69, 9.17) is 5.73 Å². The molecule has 1 aliphatic carbocycles. The third-order valence-electron chi connectivity index (χ3n) is 5.51. The Kier molecular flexibility index (Phi) is 4.15. The lowest BCUT2D eigenvalue weighted by Gasteiger charge is -2.23. The molecule has 2 heterocycles. The number of pyridine rings is 1. The molecule has 0 aliphatic heterocycles. The number of fused-ring (bicyclic) bond motifs is 1. The number of anilines is 1. The zero-order valence-electron chi connectivity index (χ0n) is 14.9. The van der Waals surface area contributed by atoms with Crippen LogP contribution in [0.3, 0.4) is 0 Å². The van der Waals surface area contributed by atoms with Crippen molar-refractivity contribution in [1.29, 1.82) is 0 Å². The topological polar surface area (TPSA) is 81.1 Å². The molecular formula is C21H23N3O2. The van der Waals surface area contributed by atoms with Crippen LogP contribution in [-0.2, 0) is 7.05 Å². The first kappa shape index (κ1) is 16.6. The normalized spacial score (nSPS) is 15.4. The van der Waals surface area contributed by atoms with Gasteiger partial charge in [-0.25, -0.2) is 9.78 Å². The van der Waals surface area contributed by atoms with Crippen LogP contribution in [0.1, 0.15) is 53.9 Å². The van der Waals surface area contributed by atoms with Crippen LogP contribution < -0.4 is 5.73 Å². The Morgan fingerprint density at radius 3 is 2.65 bits per heavy atom. The maximum Gasteiger partial charge on any atom is 0.335 e. The van der Waals surface area contributed by atoms with Crippen molar-refractivity contribution in [3.63, 3.8) is 0 Å². The number of carboxylic acid groups (broad SMARTS) is 1. The summed E-state index contributed by atoms with van der Waals surface area (Å²) in [6, 6.07) is 11.1. The zero-order valence-corrected chi connectivity index (χ0v) is 14.9. The largest absolute Gasteiger partial charge is 0.478 e. The first-order valence-corrected chi connectivity index (χ1v) is 9.15. The predicted molar refractivity (Wildman–Crippen MR) is 103 cm³/mol. The second-order valence-corrected chi connectivity index (χ2v) is 7.14. The molecule has 0 unspecified atom stereocenters. The lowest BCUT2D eigenvalue weighted by Crippen LogP contribution is -2.07. The van der Waals surface area contributed by atoms with E-state index in [-0.39, 0.29) is 0 Å². The van der Waals surface area contributed by atoms with Gasteiger partial charge in [-0.3, -0.25) is 0 Å². The van der Waals surface area contributed by atoms with E-state index in [1.807, 2.05) is 25.2 Å². The van der Waals surface area contributed by atoms with Crippen molar-refractivity contribution in [3.8, 4) is 11.4 Å². The summed E-state index contributed by atoms with van der Waals surface area (Å²) in [5, 5.41) is 10.5. The highest BCUT2D eigenvalue weighted by Crippen LogP contribution is 2.43. The number of hydrogen-bond donors (Lipinski definition) is 2. The standard InChI is InChI=1S/C21H23N3O2/c1-24-17-12-14(21(25)26)10-11-15(17)19(13-6-3-2-4-7-13)20(24)16-8-5-9-18(22)23-16/h5,8-13H,2-4,6-7H2,1H3,(H2,22,23)(H,25,26). The van der Waals surface area contributed by atoms with Gasteiger partial charge in [0.05, 0.1) is 17.0 Å². The smallest absolute Gasteiger partial charge is 0.335 e. The zero-order chi connectivity index (χ0) is 18.3. The van der Waals surface area contributed by atoms with Crippen LogP contribution in [0, 0.1) is 0 Å². The van der Waals surface area contributed by atoms with Gasteiger partial charge in [-0.2, -0.15) is 0 Å². The maximum atomic E-state index is 11.4. The van der Waals surface area contributed by atoms with Gasteiger partial charge in [0.1, 0.15) is 5.82 Å². The Morgan fingerprint density at radius 1 is 1.19 bits per heavy atom. The SMILES string of the molecule is Cn1c(-c2cccc(N)n2)c(C2CCCCC2)c2ccc(C(=O)O)cc21. The summed E-state index contributed by atoms with van der Waals surface area (Å²) in [6.07, 6.45) is 6.08. The van der Waals surface area contributed by atoms with Crippen molar-refractivity contribution in [2.45, 2.75) is 38.0 Å². The van der Waals surface area contributed by atoms with Crippen molar-refractivity contribution >= 4 is 22.7 Å². The van der Waals surface area contributed by atoms with E-state index in [0.29, 0.717) is 17.3 Å². The minimum Gasteiger partial charge on any atom is -0.478 e. The van der Waals surface area contributed by atoms with Gasteiger partial charge < -0.3 is 15.4 Å². The van der Waals surface area contributed by atoms with E-state index in [1.165, 1.54) is 24.8 Å². The highest BCUT2D eigenvalue weighted by Gasteiger charge is 2.26. The molecule has 26 heavy (non-hydrogen) atoms. The number of nitrogens with two attached hydrogens (primary N) is 1. The molecule has 1 aliphatic rings. The number of aryl methyl sites for hydroxylation is 1. The third kappa shape index (κ3) is 2.73. The molecule has 4 rings (SSSR count). The number of aromatic nitrogens is 2. The van der Waals surface area contributed by atoms with Gasteiger partial charge in [0.25, 0.3) is 0 Å². The molecule has 134 valence electrons. The number of nitrogens with zero attached hydrogens (tertiary/aromatic N) is 2. The van der Waals surface area contributed by atoms with E-state index >= 15 is 0 Å². The minimum atomic E-state index is -0.907. The molecule has 0 spiro atoms. The van der Waals surface area contributed by atoms with Gasteiger partial charge in [-0.1, -0.05) is 31.4 Å². The molecule has 3 aromatic rings. The van der Waals surface area contributed by atoms with Crippen molar-refractivity contribution in [1.82, 2.24) is 9.55 Å². The number of benzene rings is 1. The molecule has 5 heteroatoms. The number of nitrogen functional groups attached to an aromatic ring is 1. The van der Waals surface area contributed by atoms with Crippen LogP contribution in [0.5, 0.6) is 0 Å². The number of carbonyl (C=O) groups is 1. The summed E-state index contributed by atoms with van der Waals surface area (Å²) in [5.74, 6) is 0.0610. The number of rotatable bonds is 3. The second-order valence-electron chi connectivity index (χ2n) is 7.14. The van der Waals surface area contributed by atoms with E-state index in [1.54, 1.807) is 18.2 Å². The highest BCUT2D eigenvalue weighted by molar-refractivity contribution is 5.97. The predicted octanol–water partition coefficient (Wildman–Crippen LogP) is 4.57. The molecule has 1 aromatic carbocycles. The fraction of sp³-hybridized carbons (Fsp3) is 0.333. The Labute approximate surface area is 152 Å². The summed E-state index contributed by atoms with van der Waals surface area (Å²) in [5.41, 5.74) is 10.4. The first-order valence-electron chi connectivity index (χ1n) is 9.15. The van der Waals surface area contributed by atoms with Crippen molar-refractivity contribution in [2.24, 2.45) is 7.05 Å². The van der Waals surface area contributed by atoms with Gasteiger partial charge in [0, 0.05) is 18.0 Å². The van der Waals surface area contributed by atoms with Crippen LogP contribution in [-0.4, -0.2) is 20.6 Å². The molecule has 1 saturated carbocycles. The Hall–Kier alpha value is -2.82. The first-order chi connectivity index (χ1) is 12.6. The molecule has 0 bridgehead atoms. The molecule has 2 aromatic heterocycles. The molecule has 5 nitrogen and oxygen atoms in total. The fourth-order valence-corrected chi connectivity index (χ4v) is 4.30. The lowest BCUT2D eigenvalue weighted by atomic mass is 9.82. The lowest BCUT2D eigenvalue weighted by molar-refractivity contribution is 0.0697. The highest BCUT2D eigenvalue weighted by atomic mass is 16.4. The average Bonchev–Trinajstić information content (AvgIpc) is 2.94. The van der Waals surface area contributed by atoms with Gasteiger partial charge in [-0.15, -0.1) is 0 Å². The van der Waals surface area contributed by atoms with Crippen molar-refractivity contribution in [2.75, 3.05) is 5.73 Å². The molecular weight excluding hydrogens is 326 g/mol. The monoisotopic (exact) mass is 349 g/mol. The Morgan fingerprint density at radius 2 is 1.96 bits per heavy atom. The quantitative estimate of drug-likeness (QED) is 0.726. The third-order valence-corrected chi connectivity index (χ3v) is 5.51. The number of hydrogen-bond acceptors (Lipinski definition) is 3. The van der Waals surface area contributed by atoms with E-state index < -0.39 is 5.97 Å². The van der Waals surface area contributed by atoms with Crippen molar-refractivity contribution in [3.05, 3.63) is 47.5 Å². The number of aromatic carboxylic acids is 1. The van der Waals surface area contributed by atoms with Gasteiger partial charge in [-0.05, 0) is 48.6 Å². The molecule has 3 N–H and O–H groups in total. The van der Waals surface area contributed by atoms with E-state index in [9.17, 15) is 9.90 Å². The van der Waals surface area contributed by atoms with Gasteiger partial charge >= 0.3 is 5.97 Å². The van der Waals surface area contributed by atoms with Crippen LogP contribution in [0.4, 0.5) is 5.82 Å². The Balaban J connectivity index is 2.01. The van der Waals surface area contributed by atoms with Crippen LogP contribution in [0.2, 0.25) is 0 Å². The second kappa shape index (κ2) is 6.48. The summed E-state index contributed by atoms with van der Waals surface area (Å²) >= 11 is 0. The van der Waals surface area contributed by atoms with E-state index in [2.05, 4.69) is 9.55 Å². The molecule has 0 atom stereocenters. The van der Waals surface area contributed by atoms with E-state index in [0.717, 1.165) is 35.1 Å². The molecule has 0 saturated heterocycles. The summed E-state index contributed by atoms with van der Waals surface area (Å²) < 4.78 is 2.08. The van der Waals surface area contributed by atoms with Crippen LogP contribution >= 0.6 is 0 Å². The fourth-order valence-electron chi connectivity index (χ4n) is 4.30. The van der Waals surface area contributed by atoms with Gasteiger partial charge in [0.2, 0.25) is 0 Å². The average molecular weight is 349 g/mol.